The first-order chi connectivity index (χ1) is 10.4. The average Bonchev–Trinajstić information content (AvgIpc) is 2.87. The van der Waals surface area contributed by atoms with E-state index in [1.165, 1.54) is 18.5 Å². The highest BCUT2D eigenvalue weighted by Gasteiger charge is 2.10. The van der Waals surface area contributed by atoms with Gasteiger partial charge in [0.1, 0.15) is 12.1 Å². The van der Waals surface area contributed by atoms with Crippen molar-refractivity contribution in [2.24, 2.45) is 12.2 Å². The Hall–Kier alpha value is -2.52. The molecule has 22 heavy (non-hydrogen) atoms. The summed E-state index contributed by atoms with van der Waals surface area (Å²) in [6, 6.07) is 6.45. The van der Waals surface area contributed by atoms with Crippen molar-refractivity contribution in [2.45, 2.75) is 11.4 Å². The number of nitrogens with zero attached hydrogens (tertiary/aromatic N) is 4. The lowest BCUT2D eigenvalue weighted by atomic mass is 10.2. The molecule has 1 aromatic carbocycles. The maximum absolute atomic E-state index is 11.4. The summed E-state index contributed by atoms with van der Waals surface area (Å²) in [5.41, 5.74) is 1.50. The average molecular weight is 318 g/mol. The molecule has 9 heteroatoms. The summed E-state index contributed by atoms with van der Waals surface area (Å²) in [6.45, 7) is 0.407. The quantitative estimate of drug-likeness (QED) is 0.728. The first-order valence-corrected chi connectivity index (χ1v) is 7.98. The Labute approximate surface area is 127 Å². The van der Waals surface area contributed by atoms with Gasteiger partial charge in [-0.15, -0.1) is 0 Å². The fraction of sp³-hybridized carbons (Fsp3) is 0.154. The van der Waals surface area contributed by atoms with Gasteiger partial charge in [0.15, 0.2) is 5.65 Å². The molecule has 2 heterocycles. The Morgan fingerprint density at radius 2 is 2.14 bits per heavy atom. The molecule has 114 valence electrons. The van der Waals surface area contributed by atoms with Gasteiger partial charge in [-0.25, -0.2) is 23.5 Å². The van der Waals surface area contributed by atoms with Crippen molar-refractivity contribution >= 4 is 26.9 Å². The van der Waals surface area contributed by atoms with Gasteiger partial charge in [0.05, 0.1) is 16.5 Å². The predicted molar refractivity (Wildman–Crippen MR) is 81.4 cm³/mol. The lowest BCUT2D eigenvalue weighted by Gasteiger charge is -2.07. The predicted octanol–water partition coefficient (Wildman–Crippen LogP) is 0.623. The van der Waals surface area contributed by atoms with Crippen molar-refractivity contribution < 1.29 is 8.42 Å². The van der Waals surface area contributed by atoms with Crippen LogP contribution in [-0.4, -0.2) is 28.2 Å². The van der Waals surface area contributed by atoms with Crippen LogP contribution >= 0.6 is 0 Å². The van der Waals surface area contributed by atoms with E-state index in [9.17, 15) is 8.42 Å². The van der Waals surface area contributed by atoms with Crippen LogP contribution in [0.2, 0.25) is 0 Å². The Morgan fingerprint density at radius 1 is 1.32 bits per heavy atom. The van der Waals surface area contributed by atoms with Gasteiger partial charge < -0.3 is 5.32 Å². The topological polar surface area (TPSA) is 116 Å². The molecule has 0 fully saturated rings. The minimum absolute atomic E-state index is 0.0843. The Balaban J connectivity index is 1.86. The van der Waals surface area contributed by atoms with Crippen molar-refractivity contribution in [2.75, 3.05) is 5.32 Å². The number of anilines is 1. The van der Waals surface area contributed by atoms with E-state index in [-0.39, 0.29) is 4.90 Å². The highest BCUT2D eigenvalue weighted by Crippen LogP contribution is 2.19. The fourth-order valence-electron chi connectivity index (χ4n) is 2.12. The number of rotatable bonds is 4. The third-order valence-electron chi connectivity index (χ3n) is 3.22. The smallest absolute Gasteiger partial charge is 0.238 e. The van der Waals surface area contributed by atoms with Crippen LogP contribution in [0, 0.1) is 0 Å². The summed E-state index contributed by atoms with van der Waals surface area (Å²) in [6.07, 6.45) is 3.13. The second-order valence-corrected chi connectivity index (χ2v) is 6.34. The molecule has 0 bridgehead atoms. The van der Waals surface area contributed by atoms with Gasteiger partial charge in [0.2, 0.25) is 10.0 Å². The van der Waals surface area contributed by atoms with Gasteiger partial charge in [-0.3, -0.25) is 4.68 Å². The zero-order valence-electron chi connectivity index (χ0n) is 11.8. The Morgan fingerprint density at radius 3 is 2.91 bits per heavy atom. The molecule has 0 unspecified atom stereocenters. The fourth-order valence-corrected chi connectivity index (χ4v) is 2.71. The van der Waals surface area contributed by atoms with Crippen LogP contribution in [-0.2, 0) is 23.6 Å². The van der Waals surface area contributed by atoms with Gasteiger partial charge in [-0.1, -0.05) is 12.1 Å². The van der Waals surface area contributed by atoms with Gasteiger partial charge in [0.25, 0.3) is 0 Å². The zero-order valence-corrected chi connectivity index (χ0v) is 12.6. The van der Waals surface area contributed by atoms with E-state index in [0.29, 0.717) is 12.4 Å². The second-order valence-electron chi connectivity index (χ2n) is 4.77. The van der Waals surface area contributed by atoms with Crippen LogP contribution in [0.25, 0.3) is 11.0 Å². The molecule has 8 nitrogen and oxygen atoms in total. The van der Waals surface area contributed by atoms with Crippen LogP contribution in [0.5, 0.6) is 0 Å². The molecular formula is C13H14N6O2S. The number of aromatic nitrogens is 4. The molecule has 3 aromatic rings. The van der Waals surface area contributed by atoms with E-state index >= 15 is 0 Å². The van der Waals surface area contributed by atoms with Crippen molar-refractivity contribution in [1.29, 1.82) is 0 Å². The summed E-state index contributed by atoms with van der Waals surface area (Å²) in [5, 5.41) is 13.2. The molecule has 0 aliphatic rings. The zero-order chi connectivity index (χ0) is 15.7. The van der Waals surface area contributed by atoms with Crippen LogP contribution in [0.15, 0.2) is 41.7 Å². The van der Waals surface area contributed by atoms with E-state index in [4.69, 9.17) is 5.14 Å². The van der Waals surface area contributed by atoms with Crippen LogP contribution in [0.1, 0.15) is 5.56 Å². The van der Waals surface area contributed by atoms with Crippen LogP contribution in [0.3, 0.4) is 0 Å². The molecule has 3 rings (SSSR count). The minimum atomic E-state index is -3.71. The van der Waals surface area contributed by atoms with E-state index in [2.05, 4.69) is 20.4 Å². The molecule has 0 atom stereocenters. The minimum Gasteiger partial charge on any atom is -0.365 e. The first kappa shape index (κ1) is 14.4. The lowest BCUT2D eigenvalue weighted by Crippen LogP contribution is -2.12. The summed E-state index contributed by atoms with van der Waals surface area (Å²) < 4.78 is 24.4. The number of nitrogens with two attached hydrogens (primary N) is 1. The van der Waals surface area contributed by atoms with E-state index in [1.54, 1.807) is 24.0 Å². The van der Waals surface area contributed by atoms with Gasteiger partial charge in [0, 0.05) is 13.6 Å². The molecule has 0 aliphatic heterocycles. The number of sulfonamides is 1. The summed E-state index contributed by atoms with van der Waals surface area (Å²) in [4.78, 5) is 8.43. The number of hydrogen-bond acceptors (Lipinski definition) is 6. The second kappa shape index (κ2) is 5.35. The van der Waals surface area contributed by atoms with E-state index in [0.717, 1.165) is 16.6 Å². The molecule has 2 aromatic heterocycles. The maximum Gasteiger partial charge on any atom is 0.238 e. The lowest BCUT2D eigenvalue weighted by molar-refractivity contribution is 0.597. The van der Waals surface area contributed by atoms with Gasteiger partial charge in [-0.05, 0) is 17.7 Å². The molecule has 0 saturated heterocycles. The number of primary sulfonamides is 1. The van der Waals surface area contributed by atoms with E-state index in [1.807, 2.05) is 6.07 Å². The Kier molecular flexibility index (Phi) is 3.51. The van der Waals surface area contributed by atoms with E-state index < -0.39 is 10.0 Å². The summed E-state index contributed by atoms with van der Waals surface area (Å²) >= 11 is 0. The van der Waals surface area contributed by atoms with Crippen molar-refractivity contribution in [3.05, 3.63) is 42.4 Å². The molecule has 0 saturated carbocycles. The molecule has 0 radical (unpaired) electrons. The highest BCUT2D eigenvalue weighted by molar-refractivity contribution is 7.89. The molecular weight excluding hydrogens is 304 g/mol. The monoisotopic (exact) mass is 318 g/mol. The maximum atomic E-state index is 11.4. The largest absolute Gasteiger partial charge is 0.365 e. The number of benzene rings is 1. The SMILES string of the molecule is Cn1ncc2c(NCc3cccc(S(N)(=O)=O)c3)ncnc21. The molecule has 0 amide bonds. The Bertz CT molecular complexity index is 935. The van der Waals surface area contributed by atoms with Crippen molar-refractivity contribution in [1.82, 2.24) is 19.7 Å². The number of aryl methyl sites for hydroxylation is 1. The molecule has 0 aliphatic carbocycles. The normalized spacial score (nSPS) is 11.7. The third kappa shape index (κ3) is 2.76. The van der Waals surface area contributed by atoms with Gasteiger partial charge in [-0.2, -0.15) is 5.10 Å². The van der Waals surface area contributed by atoms with Gasteiger partial charge >= 0.3 is 0 Å². The summed E-state index contributed by atoms with van der Waals surface area (Å²) in [5.74, 6) is 0.638. The molecule has 0 spiro atoms. The number of fused-ring (bicyclic) bond motifs is 1. The van der Waals surface area contributed by atoms with Crippen LogP contribution < -0.4 is 10.5 Å². The molecule has 3 N–H and O–H groups in total. The van der Waals surface area contributed by atoms with Crippen molar-refractivity contribution in [3.8, 4) is 0 Å². The van der Waals surface area contributed by atoms with Crippen LogP contribution in [0.4, 0.5) is 5.82 Å². The van der Waals surface area contributed by atoms with Crippen molar-refractivity contribution in [3.63, 3.8) is 0 Å². The third-order valence-corrected chi connectivity index (χ3v) is 4.13. The number of hydrogen-bond donors (Lipinski definition) is 2. The summed E-state index contributed by atoms with van der Waals surface area (Å²) in [7, 11) is -1.91. The highest BCUT2D eigenvalue weighted by atomic mass is 32.2. The number of nitrogens with one attached hydrogen (secondary N) is 1. The standard InChI is InChI=1S/C13H14N6O2S/c1-19-13-11(7-18-19)12(16-8-17-13)15-6-9-3-2-4-10(5-9)22(14,20)21/h2-5,7-8H,6H2,1H3,(H2,14,20,21)(H,15,16,17). The first-order valence-electron chi connectivity index (χ1n) is 6.43.